The van der Waals surface area contributed by atoms with Gasteiger partial charge < -0.3 is 0 Å². The first-order chi connectivity index (χ1) is 16.8. The topological polar surface area (TPSA) is 0 Å². The third-order valence-corrected chi connectivity index (χ3v) is 6.90. The summed E-state index contributed by atoms with van der Waals surface area (Å²) in [4.78, 5) is 0. The molecule has 34 heavy (non-hydrogen) atoms. The van der Waals surface area contributed by atoms with E-state index in [4.69, 9.17) is 0 Å². The van der Waals surface area contributed by atoms with Crippen LogP contribution in [0.5, 0.6) is 0 Å². The molecule has 162 valence electrons. The maximum Gasteiger partial charge on any atom is -0.00201 e. The van der Waals surface area contributed by atoms with Gasteiger partial charge in [0, 0.05) is 0 Å². The second kappa shape index (κ2) is 8.32. The van der Waals surface area contributed by atoms with Gasteiger partial charge in [0.1, 0.15) is 0 Å². The van der Waals surface area contributed by atoms with Gasteiger partial charge in [-0.3, -0.25) is 0 Å². The first-order valence-electron chi connectivity index (χ1n) is 11.9. The van der Waals surface area contributed by atoms with Gasteiger partial charge in [-0.1, -0.05) is 121 Å². The van der Waals surface area contributed by atoms with Crippen LogP contribution in [0.2, 0.25) is 0 Å². The van der Waals surface area contributed by atoms with Crippen LogP contribution in [-0.2, 0) is 0 Å². The molecule has 0 bridgehead atoms. The summed E-state index contributed by atoms with van der Waals surface area (Å²) in [5.41, 5.74) is 7.74. The summed E-state index contributed by atoms with van der Waals surface area (Å²) in [6, 6.07) is 40.0. The maximum atomic E-state index is 2.33. The predicted octanol–water partition coefficient (Wildman–Crippen LogP) is 9.82. The number of hydrogen-bond acceptors (Lipinski definition) is 0. The van der Waals surface area contributed by atoms with Gasteiger partial charge in [-0.05, 0) is 79.5 Å². The highest BCUT2D eigenvalue weighted by Gasteiger charge is 2.17. The largest absolute Gasteiger partial charge is 0.0871 e. The Labute approximate surface area is 200 Å². The van der Waals surface area contributed by atoms with Crippen molar-refractivity contribution in [2.24, 2.45) is 0 Å². The minimum absolute atomic E-state index is 1.27. The molecule has 6 rings (SSSR count). The average Bonchev–Trinajstić information content (AvgIpc) is 2.88. The van der Waals surface area contributed by atoms with Crippen LogP contribution < -0.4 is 0 Å². The molecule has 0 unspecified atom stereocenters. The zero-order valence-corrected chi connectivity index (χ0v) is 19.5. The summed E-state index contributed by atoms with van der Waals surface area (Å²) < 4.78 is 0. The average molecular weight is 435 g/mol. The molecule has 0 radical (unpaired) electrons. The monoisotopic (exact) mass is 434 g/mol. The molecule has 0 aliphatic rings. The standard InChI is InChI=1S/C34H26/c1-3-11-24-20-21-26(22-23(24)2)33-29-15-6-8-17-31(29)34(32-18-9-7-16-30(32)33)28-19-10-13-25-12-4-5-14-27(25)28/h3-22H,1-2H3/b11-3-. The van der Waals surface area contributed by atoms with Gasteiger partial charge >= 0.3 is 0 Å². The summed E-state index contributed by atoms with van der Waals surface area (Å²) in [5, 5.41) is 7.74. The molecule has 0 aliphatic carbocycles. The van der Waals surface area contributed by atoms with Gasteiger partial charge in [-0.2, -0.15) is 0 Å². The van der Waals surface area contributed by atoms with Gasteiger partial charge in [-0.15, -0.1) is 0 Å². The van der Waals surface area contributed by atoms with Gasteiger partial charge in [0.25, 0.3) is 0 Å². The first kappa shape index (κ1) is 20.4. The van der Waals surface area contributed by atoms with Crippen molar-refractivity contribution < 1.29 is 0 Å². The first-order valence-corrected chi connectivity index (χ1v) is 11.9. The molecule has 0 saturated heterocycles. The van der Waals surface area contributed by atoms with E-state index in [9.17, 15) is 0 Å². The Balaban J connectivity index is 1.76. The molecule has 0 N–H and O–H groups in total. The van der Waals surface area contributed by atoms with Crippen molar-refractivity contribution in [1.82, 2.24) is 0 Å². The van der Waals surface area contributed by atoms with Gasteiger partial charge in [0.05, 0.1) is 0 Å². The zero-order chi connectivity index (χ0) is 23.1. The van der Waals surface area contributed by atoms with Crippen molar-refractivity contribution in [1.29, 1.82) is 0 Å². The van der Waals surface area contributed by atoms with E-state index in [-0.39, 0.29) is 0 Å². The molecule has 0 amide bonds. The van der Waals surface area contributed by atoms with Gasteiger partial charge in [-0.25, -0.2) is 0 Å². The Bertz CT molecular complexity index is 1650. The highest BCUT2D eigenvalue weighted by molar-refractivity contribution is 6.23. The van der Waals surface area contributed by atoms with Crippen molar-refractivity contribution >= 4 is 38.4 Å². The second-order valence-corrected chi connectivity index (χ2v) is 8.94. The van der Waals surface area contributed by atoms with E-state index in [2.05, 4.69) is 135 Å². The third kappa shape index (κ3) is 3.23. The number of rotatable bonds is 3. The number of benzene rings is 6. The van der Waals surface area contributed by atoms with E-state index >= 15 is 0 Å². The lowest BCUT2D eigenvalue weighted by Crippen LogP contribution is -1.92. The van der Waals surface area contributed by atoms with E-state index in [0.717, 1.165) is 0 Å². The fraction of sp³-hybridized carbons (Fsp3) is 0.0588. The summed E-state index contributed by atoms with van der Waals surface area (Å²) >= 11 is 0. The van der Waals surface area contributed by atoms with Crippen LogP contribution >= 0.6 is 0 Å². The minimum atomic E-state index is 1.27. The molecular formula is C34H26. The van der Waals surface area contributed by atoms with Crippen molar-refractivity contribution in [2.75, 3.05) is 0 Å². The van der Waals surface area contributed by atoms with Crippen LogP contribution in [0, 0.1) is 6.92 Å². The highest BCUT2D eigenvalue weighted by Crippen LogP contribution is 2.45. The van der Waals surface area contributed by atoms with E-state index in [1.807, 2.05) is 0 Å². The van der Waals surface area contributed by atoms with E-state index in [1.54, 1.807) is 0 Å². The Morgan fingerprint density at radius 3 is 1.71 bits per heavy atom. The molecule has 0 spiro atoms. The summed E-state index contributed by atoms with van der Waals surface area (Å²) in [5.74, 6) is 0. The van der Waals surface area contributed by atoms with Gasteiger partial charge in [0.15, 0.2) is 0 Å². The fourth-order valence-corrected chi connectivity index (χ4v) is 5.37. The molecule has 0 heteroatoms. The van der Waals surface area contributed by atoms with Crippen molar-refractivity contribution in [2.45, 2.75) is 13.8 Å². The highest BCUT2D eigenvalue weighted by atomic mass is 14.2. The van der Waals surface area contributed by atoms with Crippen LogP contribution in [-0.4, -0.2) is 0 Å². The van der Waals surface area contributed by atoms with Crippen molar-refractivity contribution in [3.8, 4) is 22.3 Å². The Kier molecular flexibility index (Phi) is 5.00. The Hall–Kier alpha value is -4.16. The molecule has 6 aromatic rings. The van der Waals surface area contributed by atoms with E-state index < -0.39 is 0 Å². The van der Waals surface area contributed by atoms with Crippen LogP contribution in [0.3, 0.4) is 0 Å². The number of fused-ring (bicyclic) bond motifs is 3. The van der Waals surface area contributed by atoms with Crippen molar-refractivity contribution in [3.05, 3.63) is 126 Å². The lowest BCUT2D eigenvalue weighted by atomic mass is 9.84. The van der Waals surface area contributed by atoms with E-state index in [0.29, 0.717) is 0 Å². The quantitative estimate of drug-likeness (QED) is 0.243. The Morgan fingerprint density at radius 1 is 0.529 bits per heavy atom. The molecule has 0 nitrogen and oxygen atoms in total. The lowest BCUT2D eigenvalue weighted by molar-refractivity contribution is 1.44. The molecular weight excluding hydrogens is 408 g/mol. The minimum Gasteiger partial charge on any atom is -0.0871 e. The molecule has 0 aliphatic heterocycles. The maximum absolute atomic E-state index is 2.33. The third-order valence-electron chi connectivity index (χ3n) is 6.90. The summed E-state index contributed by atoms with van der Waals surface area (Å²) in [6.45, 7) is 4.27. The fourth-order valence-electron chi connectivity index (χ4n) is 5.37. The molecule has 6 aromatic carbocycles. The normalized spacial score (nSPS) is 11.7. The van der Waals surface area contributed by atoms with Crippen LogP contribution in [0.1, 0.15) is 18.1 Å². The van der Waals surface area contributed by atoms with Gasteiger partial charge in [0.2, 0.25) is 0 Å². The molecule has 0 fully saturated rings. The van der Waals surface area contributed by atoms with E-state index in [1.165, 1.54) is 65.7 Å². The second-order valence-electron chi connectivity index (χ2n) is 8.94. The van der Waals surface area contributed by atoms with Crippen LogP contribution in [0.25, 0.3) is 60.6 Å². The van der Waals surface area contributed by atoms with Crippen LogP contribution in [0.4, 0.5) is 0 Å². The summed E-state index contributed by atoms with van der Waals surface area (Å²) in [6.07, 6.45) is 4.28. The zero-order valence-electron chi connectivity index (χ0n) is 19.5. The Morgan fingerprint density at radius 2 is 1.09 bits per heavy atom. The molecule has 0 aromatic heterocycles. The molecule has 0 saturated carbocycles. The van der Waals surface area contributed by atoms with Crippen LogP contribution in [0.15, 0.2) is 115 Å². The predicted molar refractivity (Wildman–Crippen MR) is 149 cm³/mol. The lowest BCUT2D eigenvalue weighted by Gasteiger charge is -2.19. The number of aryl methyl sites for hydroxylation is 1. The molecule has 0 atom stereocenters. The number of allylic oxidation sites excluding steroid dienone is 1. The summed E-state index contributed by atoms with van der Waals surface area (Å²) in [7, 11) is 0. The molecule has 0 heterocycles. The van der Waals surface area contributed by atoms with Crippen molar-refractivity contribution in [3.63, 3.8) is 0 Å². The SMILES string of the molecule is C/C=C\c1ccc(-c2c3ccccc3c(-c3cccc4ccccc34)c3ccccc23)cc1C. The number of hydrogen-bond donors (Lipinski definition) is 0. The smallest absolute Gasteiger partial charge is 0.00201 e.